The van der Waals surface area contributed by atoms with Crippen LogP contribution >= 0.6 is 0 Å². The number of nitrogens with zero attached hydrogens (tertiary/aromatic N) is 2. The molecule has 0 atom stereocenters. The van der Waals surface area contributed by atoms with Crippen molar-refractivity contribution in [3.05, 3.63) is 60.0 Å². The molecule has 7 heteroatoms. The van der Waals surface area contributed by atoms with E-state index in [-0.39, 0.29) is 12.3 Å². The van der Waals surface area contributed by atoms with Gasteiger partial charge in [0.2, 0.25) is 0 Å². The van der Waals surface area contributed by atoms with Crippen LogP contribution in [0.2, 0.25) is 0 Å². The van der Waals surface area contributed by atoms with Crippen molar-refractivity contribution in [1.82, 2.24) is 10.1 Å². The third kappa shape index (κ3) is 3.77. The Morgan fingerprint density at radius 2 is 2.00 bits per heavy atom. The summed E-state index contributed by atoms with van der Waals surface area (Å²) < 4.78 is 21.0. The van der Waals surface area contributed by atoms with E-state index in [1.807, 2.05) is 6.07 Å². The highest BCUT2D eigenvalue weighted by Gasteiger charge is 2.18. The Morgan fingerprint density at radius 3 is 2.72 bits per heavy atom. The summed E-state index contributed by atoms with van der Waals surface area (Å²) in [6.45, 7) is 0.0599. The van der Waals surface area contributed by atoms with Crippen molar-refractivity contribution in [3.63, 3.8) is 0 Å². The number of carbonyl (C=O) groups excluding carboxylic acids is 1. The molecule has 0 spiro atoms. The zero-order valence-corrected chi connectivity index (χ0v) is 13.8. The van der Waals surface area contributed by atoms with Crippen molar-refractivity contribution in [2.24, 2.45) is 0 Å². The van der Waals surface area contributed by atoms with Gasteiger partial charge in [-0.2, -0.15) is 0 Å². The van der Waals surface area contributed by atoms with Crippen molar-refractivity contribution in [3.8, 4) is 22.8 Å². The van der Waals surface area contributed by atoms with Gasteiger partial charge in [0.15, 0.2) is 11.5 Å². The maximum Gasteiger partial charge on any atom is 0.360 e. The first kappa shape index (κ1) is 16.5. The largest absolute Gasteiger partial charge is 0.497 e. The molecular formula is C18H16N2O5. The van der Waals surface area contributed by atoms with Crippen LogP contribution in [0, 0.1) is 0 Å². The van der Waals surface area contributed by atoms with Gasteiger partial charge in [-0.3, -0.25) is 4.98 Å². The molecule has 1 aromatic carbocycles. The van der Waals surface area contributed by atoms with Crippen LogP contribution in [0.15, 0.2) is 53.2 Å². The van der Waals surface area contributed by atoms with E-state index < -0.39 is 5.97 Å². The van der Waals surface area contributed by atoms with Gasteiger partial charge in [-0.05, 0) is 30.3 Å². The fourth-order valence-electron chi connectivity index (χ4n) is 2.20. The molecule has 0 saturated carbocycles. The Hall–Kier alpha value is -3.35. The van der Waals surface area contributed by atoms with Crippen LogP contribution in [-0.4, -0.2) is 30.3 Å². The molecule has 0 aliphatic carbocycles. The lowest BCUT2D eigenvalue weighted by Crippen LogP contribution is -2.06. The Morgan fingerprint density at radius 1 is 1.12 bits per heavy atom. The van der Waals surface area contributed by atoms with Crippen LogP contribution in [0.3, 0.4) is 0 Å². The number of methoxy groups -OCH3 is 2. The second-order valence-electron chi connectivity index (χ2n) is 5.04. The summed E-state index contributed by atoms with van der Waals surface area (Å²) in [4.78, 5) is 16.2. The van der Waals surface area contributed by atoms with Gasteiger partial charge in [0.05, 0.1) is 25.5 Å². The first-order valence-corrected chi connectivity index (χ1v) is 7.47. The van der Waals surface area contributed by atoms with Crippen molar-refractivity contribution in [2.75, 3.05) is 14.2 Å². The molecule has 0 fully saturated rings. The van der Waals surface area contributed by atoms with Crippen LogP contribution in [0.25, 0.3) is 11.3 Å². The number of esters is 1. The van der Waals surface area contributed by atoms with E-state index >= 15 is 0 Å². The predicted molar refractivity (Wildman–Crippen MR) is 88.4 cm³/mol. The van der Waals surface area contributed by atoms with E-state index in [0.717, 1.165) is 0 Å². The molecule has 0 aliphatic rings. The molecule has 0 bridgehead atoms. The number of pyridine rings is 1. The smallest absolute Gasteiger partial charge is 0.360 e. The van der Waals surface area contributed by atoms with Gasteiger partial charge >= 0.3 is 5.97 Å². The molecular weight excluding hydrogens is 324 g/mol. The fraction of sp³-hybridized carbons (Fsp3) is 0.167. The van der Waals surface area contributed by atoms with Gasteiger partial charge in [-0.25, -0.2) is 4.79 Å². The second-order valence-corrected chi connectivity index (χ2v) is 5.04. The third-order valence-electron chi connectivity index (χ3n) is 3.47. The summed E-state index contributed by atoms with van der Waals surface area (Å²) in [5.74, 6) is 0.986. The number of aromatic nitrogens is 2. The lowest BCUT2D eigenvalue weighted by atomic mass is 10.1. The first-order valence-electron chi connectivity index (χ1n) is 7.47. The molecule has 128 valence electrons. The van der Waals surface area contributed by atoms with E-state index in [1.54, 1.807) is 50.7 Å². The number of hydrogen-bond acceptors (Lipinski definition) is 7. The quantitative estimate of drug-likeness (QED) is 0.637. The lowest BCUT2D eigenvalue weighted by Gasteiger charge is -2.07. The molecule has 0 radical (unpaired) electrons. The second kappa shape index (κ2) is 7.48. The van der Waals surface area contributed by atoms with E-state index in [9.17, 15) is 4.79 Å². The molecule has 0 saturated heterocycles. The van der Waals surface area contributed by atoms with Crippen LogP contribution in [0.1, 0.15) is 16.2 Å². The molecule has 0 amide bonds. The molecule has 0 unspecified atom stereocenters. The van der Waals surface area contributed by atoms with Crippen molar-refractivity contribution in [1.29, 1.82) is 0 Å². The van der Waals surface area contributed by atoms with Gasteiger partial charge in [-0.1, -0.05) is 11.2 Å². The Balaban J connectivity index is 1.77. The van der Waals surface area contributed by atoms with Gasteiger partial charge < -0.3 is 18.7 Å². The maximum absolute atomic E-state index is 12.1. The first-order chi connectivity index (χ1) is 12.2. The minimum absolute atomic E-state index is 0.0599. The number of benzene rings is 1. The van der Waals surface area contributed by atoms with E-state index in [1.165, 1.54) is 6.07 Å². The summed E-state index contributed by atoms with van der Waals surface area (Å²) >= 11 is 0. The highest BCUT2D eigenvalue weighted by molar-refractivity contribution is 5.88. The molecule has 3 rings (SSSR count). The van der Waals surface area contributed by atoms with Crippen molar-refractivity contribution < 1.29 is 23.5 Å². The normalized spacial score (nSPS) is 10.3. The zero-order chi connectivity index (χ0) is 17.6. The van der Waals surface area contributed by atoms with Crippen LogP contribution in [0.4, 0.5) is 0 Å². The monoisotopic (exact) mass is 340 g/mol. The van der Waals surface area contributed by atoms with Gasteiger partial charge in [0.1, 0.15) is 18.1 Å². The Kier molecular flexibility index (Phi) is 4.94. The fourth-order valence-corrected chi connectivity index (χ4v) is 2.20. The summed E-state index contributed by atoms with van der Waals surface area (Å²) in [5, 5.41) is 3.77. The molecule has 2 heterocycles. The van der Waals surface area contributed by atoms with E-state index in [0.29, 0.717) is 28.5 Å². The highest BCUT2D eigenvalue weighted by atomic mass is 16.5. The molecule has 0 N–H and O–H groups in total. The minimum Gasteiger partial charge on any atom is -0.497 e. The average Bonchev–Trinajstić information content (AvgIpc) is 3.16. The maximum atomic E-state index is 12.1. The third-order valence-corrected chi connectivity index (χ3v) is 3.47. The number of carbonyl (C=O) groups is 1. The molecule has 3 aromatic rings. The number of hydrogen-bond donors (Lipinski definition) is 0. The van der Waals surface area contributed by atoms with Crippen molar-refractivity contribution >= 4 is 5.97 Å². The van der Waals surface area contributed by atoms with Crippen molar-refractivity contribution in [2.45, 2.75) is 6.61 Å². The van der Waals surface area contributed by atoms with Crippen LogP contribution in [0.5, 0.6) is 11.5 Å². The topological polar surface area (TPSA) is 83.7 Å². The van der Waals surface area contributed by atoms with E-state index in [2.05, 4.69) is 10.1 Å². The van der Waals surface area contributed by atoms with Crippen LogP contribution < -0.4 is 9.47 Å². The standard InChI is InChI=1S/C18H16N2O5/c1-22-13-6-7-16(23-2)14(9-13)17-10-15(20-25-17)18(21)24-11-12-5-3-4-8-19-12/h3-10H,11H2,1-2H3. The van der Waals surface area contributed by atoms with Gasteiger partial charge in [0.25, 0.3) is 0 Å². The van der Waals surface area contributed by atoms with Gasteiger partial charge in [-0.15, -0.1) is 0 Å². The Labute approximate surface area is 144 Å². The van der Waals surface area contributed by atoms with Gasteiger partial charge in [0, 0.05) is 12.3 Å². The molecule has 25 heavy (non-hydrogen) atoms. The number of rotatable bonds is 6. The molecule has 2 aromatic heterocycles. The summed E-state index contributed by atoms with van der Waals surface area (Å²) in [5.41, 5.74) is 1.34. The Bertz CT molecular complexity index is 861. The molecule has 0 aliphatic heterocycles. The SMILES string of the molecule is COc1ccc(OC)c(-c2cc(C(=O)OCc3ccccn3)no2)c1. The summed E-state index contributed by atoms with van der Waals surface area (Å²) in [6, 6.07) is 12.1. The zero-order valence-electron chi connectivity index (χ0n) is 13.8. The van der Waals surface area contributed by atoms with E-state index in [4.69, 9.17) is 18.7 Å². The lowest BCUT2D eigenvalue weighted by molar-refractivity contribution is 0.0456. The van der Waals surface area contributed by atoms with Crippen LogP contribution in [-0.2, 0) is 11.3 Å². The minimum atomic E-state index is -0.595. The molecule has 7 nitrogen and oxygen atoms in total. The average molecular weight is 340 g/mol. The highest BCUT2D eigenvalue weighted by Crippen LogP contribution is 2.33. The summed E-state index contributed by atoms with van der Waals surface area (Å²) in [6.07, 6.45) is 1.63. The number of ether oxygens (including phenoxy) is 3. The predicted octanol–water partition coefficient (Wildman–Crippen LogP) is 3.11. The summed E-state index contributed by atoms with van der Waals surface area (Å²) in [7, 11) is 3.11.